The lowest BCUT2D eigenvalue weighted by Gasteiger charge is -2.13. The highest BCUT2D eigenvalue weighted by atomic mass is 19.2. The Morgan fingerprint density at radius 3 is 2.63 bits per heavy atom. The number of fused-ring (bicyclic) bond motifs is 1. The van der Waals surface area contributed by atoms with Gasteiger partial charge in [0, 0.05) is 42.2 Å². The van der Waals surface area contributed by atoms with Crippen molar-refractivity contribution in [1.82, 2.24) is 15.0 Å². The summed E-state index contributed by atoms with van der Waals surface area (Å²) in [5.41, 5.74) is 1.75. The Kier molecular flexibility index (Phi) is 5.76. The third-order valence-electron chi connectivity index (χ3n) is 4.33. The van der Waals surface area contributed by atoms with E-state index >= 15 is 0 Å². The minimum Gasteiger partial charge on any atom is -0.491 e. The molecule has 2 heterocycles. The first kappa shape index (κ1) is 19.7. The van der Waals surface area contributed by atoms with E-state index in [9.17, 15) is 8.78 Å². The molecule has 152 valence electrons. The molecule has 0 saturated heterocycles. The average Bonchev–Trinajstić information content (AvgIpc) is 2.77. The number of anilines is 2. The molecule has 2 aromatic heterocycles. The van der Waals surface area contributed by atoms with Gasteiger partial charge in [0.2, 0.25) is 0 Å². The van der Waals surface area contributed by atoms with Crippen LogP contribution in [0.1, 0.15) is 0 Å². The predicted molar refractivity (Wildman–Crippen MR) is 110 cm³/mol. The number of hydrogen-bond donors (Lipinski definition) is 1. The van der Waals surface area contributed by atoms with Crippen molar-refractivity contribution in [3.63, 3.8) is 0 Å². The van der Waals surface area contributed by atoms with Crippen molar-refractivity contribution in [2.75, 3.05) is 25.6 Å². The molecule has 1 N–H and O–H groups in total. The van der Waals surface area contributed by atoms with Crippen LogP contribution < -0.4 is 10.1 Å². The minimum atomic E-state index is -0.950. The minimum absolute atomic E-state index is 0.358. The smallest absolute Gasteiger partial charge is 0.163 e. The number of nitrogens with zero attached hydrogens (tertiary/aromatic N) is 3. The van der Waals surface area contributed by atoms with Crippen molar-refractivity contribution in [1.29, 1.82) is 0 Å². The fourth-order valence-electron chi connectivity index (χ4n) is 2.87. The first-order valence-corrected chi connectivity index (χ1v) is 9.20. The van der Waals surface area contributed by atoms with Crippen LogP contribution in [0.15, 0.2) is 60.9 Å². The summed E-state index contributed by atoms with van der Waals surface area (Å²) in [7, 11) is 1.60. The van der Waals surface area contributed by atoms with E-state index in [0.717, 1.165) is 17.7 Å². The zero-order chi connectivity index (χ0) is 20.9. The van der Waals surface area contributed by atoms with Crippen LogP contribution in [0.25, 0.3) is 22.3 Å². The lowest BCUT2D eigenvalue weighted by molar-refractivity contribution is 0.146. The van der Waals surface area contributed by atoms with Gasteiger partial charge < -0.3 is 14.8 Å². The van der Waals surface area contributed by atoms with E-state index in [-0.39, 0.29) is 0 Å². The molecule has 4 aromatic rings. The quantitative estimate of drug-likeness (QED) is 0.446. The van der Waals surface area contributed by atoms with Gasteiger partial charge in [0.1, 0.15) is 18.2 Å². The molecule has 0 spiro atoms. The third kappa shape index (κ3) is 4.33. The Labute approximate surface area is 171 Å². The van der Waals surface area contributed by atoms with Gasteiger partial charge in [-0.1, -0.05) is 0 Å². The van der Waals surface area contributed by atoms with E-state index in [4.69, 9.17) is 9.47 Å². The standard InChI is InChI=1S/C22H18F2N4O2/c1-29-9-10-30-16-5-7-20-17(12-16)22(26-15-4-6-18(23)19(24)11-15)28-21(27-20)14-3-2-8-25-13-14/h2-8,11-13H,9-10H2,1H3,(H,26,27,28). The van der Waals surface area contributed by atoms with Gasteiger partial charge in [-0.05, 0) is 42.5 Å². The topological polar surface area (TPSA) is 69.2 Å². The fraction of sp³-hybridized carbons (Fsp3) is 0.136. The molecule has 0 aliphatic rings. The van der Waals surface area contributed by atoms with Crippen LogP contribution in [0.5, 0.6) is 5.75 Å². The van der Waals surface area contributed by atoms with Crippen molar-refractivity contribution in [3.05, 3.63) is 72.6 Å². The second-order valence-electron chi connectivity index (χ2n) is 6.41. The molecule has 0 unspecified atom stereocenters. The van der Waals surface area contributed by atoms with Crippen molar-refractivity contribution in [3.8, 4) is 17.1 Å². The van der Waals surface area contributed by atoms with Crippen LogP contribution in [0.4, 0.5) is 20.3 Å². The largest absolute Gasteiger partial charge is 0.491 e. The summed E-state index contributed by atoms with van der Waals surface area (Å²) < 4.78 is 37.7. The molecule has 0 aliphatic heterocycles. The Bertz CT molecular complexity index is 1170. The van der Waals surface area contributed by atoms with Gasteiger partial charge in [-0.3, -0.25) is 4.98 Å². The fourth-order valence-corrected chi connectivity index (χ4v) is 2.87. The Morgan fingerprint density at radius 2 is 1.87 bits per heavy atom. The summed E-state index contributed by atoms with van der Waals surface area (Å²) in [4.78, 5) is 13.3. The summed E-state index contributed by atoms with van der Waals surface area (Å²) in [6.45, 7) is 0.844. The van der Waals surface area contributed by atoms with Gasteiger partial charge in [0.05, 0.1) is 12.1 Å². The van der Waals surface area contributed by atoms with Crippen LogP contribution in [0.3, 0.4) is 0 Å². The number of benzene rings is 2. The normalized spacial score (nSPS) is 10.9. The number of rotatable bonds is 7. The first-order chi connectivity index (χ1) is 14.6. The van der Waals surface area contributed by atoms with Gasteiger partial charge >= 0.3 is 0 Å². The lowest BCUT2D eigenvalue weighted by Crippen LogP contribution is -2.05. The first-order valence-electron chi connectivity index (χ1n) is 9.20. The highest BCUT2D eigenvalue weighted by Gasteiger charge is 2.12. The van der Waals surface area contributed by atoms with Gasteiger partial charge in [0.25, 0.3) is 0 Å². The molecule has 0 saturated carbocycles. The molecule has 0 radical (unpaired) electrons. The van der Waals surface area contributed by atoms with E-state index in [1.165, 1.54) is 6.07 Å². The molecule has 0 aliphatic carbocycles. The van der Waals surface area contributed by atoms with E-state index in [0.29, 0.717) is 47.2 Å². The SMILES string of the molecule is COCCOc1ccc2nc(-c3cccnc3)nc(Nc3ccc(F)c(F)c3)c2c1. The molecule has 0 fully saturated rings. The van der Waals surface area contributed by atoms with Gasteiger partial charge in [0.15, 0.2) is 17.5 Å². The number of ether oxygens (including phenoxy) is 2. The lowest BCUT2D eigenvalue weighted by atomic mass is 10.2. The number of pyridine rings is 1. The summed E-state index contributed by atoms with van der Waals surface area (Å²) in [6, 6.07) is 12.6. The van der Waals surface area contributed by atoms with Gasteiger partial charge in [-0.25, -0.2) is 18.7 Å². The van der Waals surface area contributed by atoms with Crippen molar-refractivity contribution < 1.29 is 18.3 Å². The molecule has 6 nitrogen and oxygen atoms in total. The van der Waals surface area contributed by atoms with E-state index in [1.807, 2.05) is 12.1 Å². The monoisotopic (exact) mass is 408 g/mol. The molecular weight excluding hydrogens is 390 g/mol. The van der Waals surface area contributed by atoms with Crippen LogP contribution in [0.2, 0.25) is 0 Å². The maximum absolute atomic E-state index is 13.7. The van der Waals surface area contributed by atoms with Crippen LogP contribution in [0, 0.1) is 11.6 Å². The Balaban J connectivity index is 1.79. The highest BCUT2D eigenvalue weighted by molar-refractivity contribution is 5.93. The van der Waals surface area contributed by atoms with E-state index in [1.54, 1.807) is 37.7 Å². The van der Waals surface area contributed by atoms with E-state index < -0.39 is 11.6 Å². The second kappa shape index (κ2) is 8.79. The zero-order valence-electron chi connectivity index (χ0n) is 16.1. The molecule has 8 heteroatoms. The zero-order valence-corrected chi connectivity index (χ0v) is 16.1. The summed E-state index contributed by atoms with van der Waals surface area (Å²) in [6.07, 6.45) is 3.32. The van der Waals surface area contributed by atoms with Crippen LogP contribution in [-0.4, -0.2) is 35.3 Å². The summed E-state index contributed by atoms with van der Waals surface area (Å²) in [5.74, 6) is -0.367. The number of hydrogen-bond acceptors (Lipinski definition) is 6. The maximum Gasteiger partial charge on any atom is 0.163 e. The second-order valence-corrected chi connectivity index (χ2v) is 6.41. The van der Waals surface area contributed by atoms with Crippen LogP contribution >= 0.6 is 0 Å². The Hall–Kier alpha value is -3.65. The van der Waals surface area contributed by atoms with E-state index in [2.05, 4.69) is 20.3 Å². The molecule has 0 atom stereocenters. The van der Waals surface area contributed by atoms with Crippen molar-refractivity contribution in [2.45, 2.75) is 0 Å². The van der Waals surface area contributed by atoms with Crippen molar-refractivity contribution >= 4 is 22.4 Å². The summed E-state index contributed by atoms with van der Waals surface area (Å²) in [5, 5.41) is 3.73. The number of nitrogens with one attached hydrogen (secondary N) is 1. The Morgan fingerprint density at radius 1 is 0.967 bits per heavy atom. The molecule has 0 amide bonds. The molecule has 0 bridgehead atoms. The average molecular weight is 408 g/mol. The predicted octanol–water partition coefficient (Wildman–Crippen LogP) is 4.74. The molecule has 2 aromatic carbocycles. The van der Waals surface area contributed by atoms with Gasteiger partial charge in [-0.2, -0.15) is 0 Å². The maximum atomic E-state index is 13.7. The molecular formula is C22H18F2N4O2. The van der Waals surface area contributed by atoms with Crippen molar-refractivity contribution in [2.24, 2.45) is 0 Å². The highest BCUT2D eigenvalue weighted by Crippen LogP contribution is 2.30. The molecule has 4 rings (SSSR count). The summed E-state index contributed by atoms with van der Waals surface area (Å²) >= 11 is 0. The van der Waals surface area contributed by atoms with Gasteiger partial charge in [-0.15, -0.1) is 0 Å². The van der Waals surface area contributed by atoms with Crippen LogP contribution in [-0.2, 0) is 4.74 Å². The third-order valence-corrected chi connectivity index (χ3v) is 4.33. The number of halogens is 2. The number of methoxy groups -OCH3 is 1. The molecule has 30 heavy (non-hydrogen) atoms. The number of aromatic nitrogens is 3.